The fraction of sp³-hybridized carbons (Fsp3) is 0.926. The molecule has 0 saturated heterocycles. The van der Waals surface area contributed by atoms with Crippen molar-refractivity contribution >= 4 is 12.2 Å². The third-order valence-electron chi connectivity index (χ3n) is 6.11. The summed E-state index contributed by atoms with van der Waals surface area (Å²) >= 11 is 0. The molecule has 0 aliphatic heterocycles. The van der Waals surface area contributed by atoms with E-state index < -0.39 is 11.2 Å². The van der Waals surface area contributed by atoms with Gasteiger partial charge in [0.2, 0.25) is 0 Å². The van der Waals surface area contributed by atoms with E-state index >= 15 is 0 Å². The minimum atomic E-state index is -0.526. The molecule has 0 radical (unpaired) electrons. The lowest BCUT2D eigenvalue weighted by Crippen LogP contribution is -2.45. The molecule has 1 aliphatic carbocycles. The van der Waals surface area contributed by atoms with E-state index in [9.17, 15) is 9.59 Å². The van der Waals surface area contributed by atoms with E-state index in [0.29, 0.717) is 25.4 Å². The van der Waals surface area contributed by atoms with Gasteiger partial charge in [0.15, 0.2) is 0 Å². The number of ether oxygens (including phenoxy) is 2. The molecule has 6 heteroatoms. The highest BCUT2D eigenvalue weighted by atomic mass is 16.6. The summed E-state index contributed by atoms with van der Waals surface area (Å²) in [5.41, 5.74) is -1.04. The zero-order chi connectivity index (χ0) is 25.1. The Balaban J connectivity index is 2.86. The minimum Gasteiger partial charge on any atom is -0.444 e. The average molecular weight is 469 g/mol. The van der Waals surface area contributed by atoms with Gasteiger partial charge in [-0.3, -0.25) is 0 Å². The zero-order valence-electron chi connectivity index (χ0n) is 22.9. The van der Waals surface area contributed by atoms with Crippen molar-refractivity contribution in [3.05, 3.63) is 0 Å². The highest BCUT2D eigenvalue weighted by Crippen LogP contribution is 2.25. The quantitative estimate of drug-likeness (QED) is 0.317. The van der Waals surface area contributed by atoms with Gasteiger partial charge in [-0.25, -0.2) is 9.59 Å². The Morgan fingerprint density at radius 1 is 0.848 bits per heavy atom. The van der Waals surface area contributed by atoms with Crippen molar-refractivity contribution in [2.45, 2.75) is 137 Å². The molecule has 0 bridgehead atoms. The Bertz CT molecular complexity index is 574. The molecule has 0 aromatic heterocycles. The predicted octanol–water partition coefficient (Wildman–Crippen LogP) is 7.40. The van der Waals surface area contributed by atoms with Crippen LogP contribution in [-0.2, 0) is 9.47 Å². The molecule has 1 rings (SSSR count). The lowest BCUT2D eigenvalue weighted by Gasteiger charge is -2.35. The Morgan fingerprint density at radius 3 is 1.94 bits per heavy atom. The molecule has 0 aromatic carbocycles. The first-order valence-electron chi connectivity index (χ1n) is 13.3. The summed E-state index contributed by atoms with van der Waals surface area (Å²) in [4.78, 5) is 29.8. The second kappa shape index (κ2) is 14.1. The highest BCUT2D eigenvalue weighted by Gasteiger charge is 2.29. The molecule has 1 aliphatic rings. The second-order valence-electron chi connectivity index (χ2n) is 11.7. The lowest BCUT2D eigenvalue weighted by atomic mass is 9.89. The molecule has 2 amide bonds. The summed E-state index contributed by atoms with van der Waals surface area (Å²) in [5.74, 6) is 0.543. The van der Waals surface area contributed by atoms with Crippen LogP contribution in [0.25, 0.3) is 0 Å². The second-order valence-corrected chi connectivity index (χ2v) is 11.7. The molecule has 0 heterocycles. The van der Waals surface area contributed by atoms with Crippen molar-refractivity contribution in [2.24, 2.45) is 5.92 Å². The summed E-state index contributed by atoms with van der Waals surface area (Å²) in [6, 6.07) is 0.160. The monoisotopic (exact) mass is 468 g/mol. The minimum absolute atomic E-state index is 0.160. The molecule has 194 valence electrons. The summed E-state index contributed by atoms with van der Waals surface area (Å²) < 4.78 is 11.5. The molecule has 0 N–H and O–H groups in total. The smallest absolute Gasteiger partial charge is 0.410 e. The number of rotatable bonds is 11. The topological polar surface area (TPSA) is 59.1 Å². The van der Waals surface area contributed by atoms with Crippen molar-refractivity contribution in [2.75, 3.05) is 19.6 Å². The third-order valence-corrected chi connectivity index (χ3v) is 6.11. The number of carbonyl (C=O) groups excluding carboxylic acids is 2. The SMILES string of the molecule is CCCCC(CC)N(CCCN(CC1CCCCC1)C(=O)OC(C)(C)C)C(=O)OC(C)(C)C. The summed E-state index contributed by atoms with van der Waals surface area (Å²) in [7, 11) is 0. The van der Waals surface area contributed by atoms with Crippen molar-refractivity contribution < 1.29 is 19.1 Å². The molecule has 1 atom stereocenters. The van der Waals surface area contributed by atoms with E-state index in [1.165, 1.54) is 32.1 Å². The van der Waals surface area contributed by atoms with Gasteiger partial charge in [-0.15, -0.1) is 0 Å². The molecule has 33 heavy (non-hydrogen) atoms. The van der Waals surface area contributed by atoms with Crippen LogP contribution in [0.15, 0.2) is 0 Å². The largest absolute Gasteiger partial charge is 0.444 e. The van der Waals surface area contributed by atoms with Crippen LogP contribution in [0.3, 0.4) is 0 Å². The summed E-state index contributed by atoms with van der Waals surface area (Å²) in [6.07, 6.45) is 10.4. The molecule has 1 saturated carbocycles. The van der Waals surface area contributed by atoms with Crippen molar-refractivity contribution in [1.82, 2.24) is 9.80 Å². The van der Waals surface area contributed by atoms with Crippen LogP contribution in [0.2, 0.25) is 0 Å². The van der Waals surface area contributed by atoms with Crippen LogP contribution < -0.4 is 0 Å². The maximum Gasteiger partial charge on any atom is 0.410 e. The maximum absolute atomic E-state index is 13.0. The van der Waals surface area contributed by atoms with Gasteiger partial charge in [0.1, 0.15) is 11.2 Å². The first-order valence-corrected chi connectivity index (χ1v) is 13.3. The molecular formula is C27H52N2O4. The predicted molar refractivity (Wildman–Crippen MR) is 136 cm³/mol. The highest BCUT2D eigenvalue weighted by molar-refractivity contribution is 5.69. The van der Waals surface area contributed by atoms with Crippen LogP contribution >= 0.6 is 0 Å². The number of unbranched alkanes of at least 4 members (excludes halogenated alkanes) is 1. The molecule has 6 nitrogen and oxygen atoms in total. The Kier molecular flexibility index (Phi) is 12.6. The number of carbonyl (C=O) groups is 2. The van der Waals surface area contributed by atoms with Crippen molar-refractivity contribution in [3.63, 3.8) is 0 Å². The molecule has 0 spiro atoms. The van der Waals surface area contributed by atoms with Crippen LogP contribution in [-0.4, -0.2) is 58.9 Å². The van der Waals surface area contributed by atoms with E-state index in [4.69, 9.17) is 9.47 Å². The molecule has 1 fully saturated rings. The summed E-state index contributed by atoms with van der Waals surface area (Å²) in [5, 5.41) is 0. The van der Waals surface area contributed by atoms with Crippen molar-refractivity contribution in [1.29, 1.82) is 0 Å². The first-order chi connectivity index (χ1) is 15.4. The number of hydrogen-bond donors (Lipinski definition) is 0. The van der Waals surface area contributed by atoms with Crippen LogP contribution in [0.1, 0.15) is 120 Å². The van der Waals surface area contributed by atoms with Gasteiger partial charge in [0, 0.05) is 25.7 Å². The van der Waals surface area contributed by atoms with E-state index in [2.05, 4.69) is 13.8 Å². The van der Waals surface area contributed by atoms with Gasteiger partial charge >= 0.3 is 12.2 Å². The van der Waals surface area contributed by atoms with Crippen LogP contribution in [0.5, 0.6) is 0 Å². The van der Waals surface area contributed by atoms with Gasteiger partial charge in [-0.2, -0.15) is 0 Å². The van der Waals surface area contributed by atoms with Gasteiger partial charge in [0.05, 0.1) is 0 Å². The van der Waals surface area contributed by atoms with Crippen molar-refractivity contribution in [3.8, 4) is 0 Å². The molecular weight excluding hydrogens is 416 g/mol. The van der Waals surface area contributed by atoms with Crippen LogP contribution in [0, 0.1) is 5.92 Å². The van der Waals surface area contributed by atoms with Gasteiger partial charge in [0.25, 0.3) is 0 Å². The fourth-order valence-corrected chi connectivity index (χ4v) is 4.46. The average Bonchev–Trinajstić information content (AvgIpc) is 2.70. The lowest BCUT2D eigenvalue weighted by molar-refractivity contribution is 0.0111. The maximum atomic E-state index is 13.0. The Morgan fingerprint density at radius 2 is 1.42 bits per heavy atom. The van der Waals surface area contributed by atoms with Gasteiger partial charge in [-0.05, 0) is 79.6 Å². The van der Waals surface area contributed by atoms with Gasteiger partial charge in [-0.1, -0.05) is 46.0 Å². The number of nitrogens with zero attached hydrogens (tertiary/aromatic N) is 2. The Labute approximate surface area is 203 Å². The summed E-state index contributed by atoms with van der Waals surface area (Å²) in [6.45, 7) is 17.7. The third kappa shape index (κ3) is 12.5. The molecule has 1 unspecified atom stereocenters. The Hall–Kier alpha value is -1.46. The zero-order valence-corrected chi connectivity index (χ0v) is 22.9. The standard InChI is InChI=1S/C27H52N2O4/c1-9-11-18-23(10-2)29(25(31)33-27(6,7)8)20-15-19-28(24(30)32-26(3,4)5)21-22-16-13-12-14-17-22/h22-23H,9-21H2,1-8H3. The fourth-order valence-electron chi connectivity index (χ4n) is 4.46. The van der Waals surface area contributed by atoms with Crippen LogP contribution in [0.4, 0.5) is 9.59 Å². The van der Waals surface area contributed by atoms with Gasteiger partial charge < -0.3 is 19.3 Å². The molecule has 0 aromatic rings. The normalized spacial score (nSPS) is 16.2. The number of hydrogen-bond acceptors (Lipinski definition) is 4. The first kappa shape index (κ1) is 29.6. The van der Waals surface area contributed by atoms with E-state index in [-0.39, 0.29) is 18.2 Å². The van der Waals surface area contributed by atoms with E-state index in [0.717, 1.165) is 32.2 Å². The number of amides is 2. The van der Waals surface area contributed by atoms with E-state index in [1.54, 1.807) is 0 Å². The van der Waals surface area contributed by atoms with E-state index in [1.807, 2.05) is 51.3 Å².